The van der Waals surface area contributed by atoms with Crippen LogP contribution in [0.5, 0.6) is 0 Å². The zero-order valence-electron chi connectivity index (χ0n) is 11.0. The average Bonchev–Trinajstić information content (AvgIpc) is 2.37. The van der Waals surface area contributed by atoms with Crippen LogP contribution in [0.15, 0.2) is 18.2 Å². The summed E-state index contributed by atoms with van der Waals surface area (Å²) in [5.41, 5.74) is 2.08. The third-order valence-electron chi connectivity index (χ3n) is 2.47. The Balaban J connectivity index is 2.80. The number of aryl methyl sites for hydroxylation is 1. The van der Waals surface area contributed by atoms with Crippen molar-refractivity contribution >= 4 is 16.7 Å². The fraction of sp³-hybridized carbons (Fsp3) is 0.357. The first-order valence-electron chi connectivity index (χ1n) is 5.83. The van der Waals surface area contributed by atoms with Crippen LogP contribution in [0.1, 0.15) is 21.5 Å². The van der Waals surface area contributed by atoms with Crippen molar-refractivity contribution in [1.82, 2.24) is 5.32 Å². The molecular formula is C14H17NO3S. The quantitative estimate of drug-likeness (QED) is 0.786. The van der Waals surface area contributed by atoms with Gasteiger partial charge in [-0.25, -0.2) is 0 Å². The molecule has 1 aromatic rings. The number of nitrogens with one attached hydrogen (secondary N) is 1. The van der Waals surface area contributed by atoms with E-state index >= 15 is 0 Å². The van der Waals surface area contributed by atoms with Crippen LogP contribution in [-0.4, -0.2) is 40.4 Å². The Morgan fingerprint density at radius 1 is 1.47 bits per heavy atom. The Morgan fingerprint density at radius 3 is 2.84 bits per heavy atom. The maximum Gasteiger partial charge on any atom is 0.251 e. The van der Waals surface area contributed by atoms with Gasteiger partial charge in [-0.05, 0) is 24.6 Å². The van der Waals surface area contributed by atoms with E-state index < -0.39 is 10.8 Å². The van der Waals surface area contributed by atoms with Gasteiger partial charge in [-0.3, -0.25) is 9.00 Å². The van der Waals surface area contributed by atoms with Gasteiger partial charge in [-0.1, -0.05) is 17.9 Å². The molecule has 1 aromatic carbocycles. The first-order chi connectivity index (χ1) is 9.04. The summed E-state index contributed by atoms with van der Waals surface area (Å²) in [5, 5.41) is 11.4. The molecule has 102 valence electrons. The van der Waals surface area contributed by atoms with Crippen molar-refractivity contribution in [2.45, 2.75) is 6.92 Å². The Labute approximate surface area is 115 Å². The van der Waals surface area contributed by atoms with Gasteiger partial charge in [-0.2, -0.15) is 0 Å². The van der Waals surface area contributed by atoms with Gasteiger partial charge in [0.2, 0.25) is 0 Å². The second-order valence-electron chi connectivity index (χ2n) is 4.02. The summed E-state index contributed by atoms with van der Waals surface area (Å²) in [5.74, 6) is 5.55. The zero-order valence-corrected chi connectivity index (χ0v) is 11.8. The standard InChI is InChI=1S/C14H17NO3S/c1-11-5-6-12(4-3-8-16)10-13(11)14(17)15-7-9-19(2)18/h5-6,10,16H,7-9H2,1-2H3,(H,15,17). The minimum atomic E-state index is -0.917. The Bertz CT molecular complexity index is 543. The highest BCUT2D eigenvalue weighted by molar-refractivity contribution is 7.84. The van der Waals surface area contributed by atoms with Crippen LogP contribution in [0.3, 0.4) is 0 Å². The van der Waals surface area contributed by atoms with Crippen LogP contribution in [0.4, 0.5) is 0 Å². The van der Waals surface area contributed by atoms with Crippen LogP contribution in [-0.2, 0) is 10.8 Å². The fourth-order valence-corrected chi connectivity index (χ4v) is 1.88. The van der Waals surface area contributed by atoms with E-state index in [0.717, 1.165) is 5.56 Å². The first-order valence-corrected chi connectivity index (χ1v) is 7.56. The van der Waals surface area contributed by atoms with Gasteiger partial charge in [0, 0.05) is 40.5 Å². The third-order valence-corrected chi connectivity index (χ3v) is 3.25. The lowest BCUT2D eigenvalue weighted by Crippen LogP contribution is -2.28. The average molecular weight is 279 g/mol. The Morgan fingerprint density at radius 2 is 2.21 bits per heavy atom. The van der Waals surface area contributed by atoms with Crippen molar-refractivity contribution in [3.63, 3.8) is 0 Å². The van der Waals surface area contributed by atoms with E-state index in [1.807, 2.05) is 13.0 Å². The topological polar surface area (TPSA) is 66.4 Å². The number of rotatable bonds is 4. The number of amides is 1. The van der Waals surface area contributed by atoms with Gasteiger partial charge in [0.1, 0.15) is 6.61 Å². The van der Waals surface area contributed by atoms with E-state index in [0.29, 0.717) is 23.4 Å². The number of aliphatic hydroxyl groups excluding tert-OH is 1. The highest BCUT2D eigenvalue weighted by Crippen LogP contribution is 2.10. The minimum Gasteiger partial charge on any atom is -0.384 e. The summed E-state index contributed by atoms with van der Waals surface area (Å²) in [6.45, 7) is 2.02. The molecule has 0 radical (unpaired) electrons. The first kappa shape index (κ1) is 15.4. The van der Waals surface area contributed by atoms with Crippen molar-refractivity contribution in [3.8, 4) is 11.8 Å². The van der Waals surface area contributed by atoms with E-state index in [1.54, 1.807) is 18.4 Å². The Kier molecular flexibility index (Phi) is 6.26. The van der Waals surface area contributed by atoms with Crippen molar-refractivity contribution < 1.29 is 14.1 Å². The van der Waals surface area contributed by atoms with E-state index in [-0.39, 0.29) is 12.5 Å². The monoisotopic (exact) mass is 279 g/mol. The summed E-state index contributed by atoms with van der Waals surface area (Å²) in [6.07, 6.45) is 1.60. The zero-order chi connectivity index (χ0) is 14.3. The summed E-state index contributed by atoms with van der Waals surface area (Å²) in [6, 6.07) is 5.31. The predicted molar refractivity (Wildman–Crippen MR) is 76.4 cm³/mol. The lowest BCUT2D eigenvalue weighted by molar-refractivity contribution is 0.0955. The summed E-state index contributed by atoms with van der Waals surface area (Å²) in [4.78, 5) is 12.0. The molecule has 4 nitrogen and oxygen atoms in total. The molecule has 0 bridgehead atoms. The van der Waals surface area contributed by atoms with E-state index in [2.05, 4.69) is 17.2 Å². The largest absolute Gasteiger partial charge is 0.384 e. The molecule has 1 amide bonds. The highest BCUT2D eigenvalue weighted by Gasteiger charge is 2.09. The molecule has 0 fully saturated rings. The molecule has 0 aliphatic rings. The molecule has 0 heterocycles. The molecule has 0 aromatic heterocycles. The van der Waals surface area contributed by atoms with Gasteiger partial charge < -0.3 is 10.4 Å². The molecule has 5 heteroatoms. The fourth-order valence-electron chi connectivity index (χ4n) is 1.49. The second-order valence-corrected chi connectivity index (χ2v) is 5.58. The summed E-state index contributed by atoms with van der Waals surface area (Å²) < 4.78 is 10.9. The number of carbonyl (C=O) groups excluding carboxylic acids is 1. The van der Waals surface area contributed by atoms with Crippen molar-refractivity contribution in [2.24, 2.45) is 0 Å². The molecule has 1 atom stereocenters. The van der Waals surface area contributed by atoms with Crippen LogP contribution >= 0.6 is 0 Å². The molecule has 0 saturated carbocycles. The van der Waals surface area contributed by atoms with Gasteiger partial charge in [-0.15, -0.1) is 0 Å². The van der Waals surface area contributed by atoms with Crippen LogP contribution in [0.25, 0.3) is 0 Å². The smallest absolute Gasteiger partial charge is 0.251 e. The lowest BCUT2D eigenvalue weighted by Gasteiger charge is -2.07. The molecule has 0 aliphatic heterocycles. The molecule has 0 saturated heterocycles. The molecule has 2 N–H and O–H groups in total. The SMILES string of the molecule is Cc1ccc(C#CCO)cc1C(=O)NCCS(C)=O. The molecule has 0 aliphatic carbocycles. The van der Waals surface area contributed by atoms with E-state index in [9.17, 15) is 9.00 Å². The van der Waals surface area contributed by atoms with Gasteiger partial charge in [0.05, 0.1) is 0 Å². The lowest BCUT2D eigenvalue weighted by atomic mass is 10.0. The van der Waals surface area contributed by atoms with Crippen LogP contribution in [0, 0.1) is 18.8 Å². The molecule has 1 unspecified atom stereocenters. The molecular weight excluding hydrogens is 262 g/mol. The van der Waals surface area contributed by atoms with Gasteiger partial charge in [0.25, 0.3) is 5.91 Å². The second kappa shape index (κ2) is 7.72. The number of hydrogen-bond donors (Lipinski definition) is 2. The van der Waals surface area contributed by atoms with Gasteiger partial charge in [0.15, 0.2) is 0 Å². The summed E-state index contributed by atoms with van der Waals surface area (Å²) in [7, 11) is -0.917. The van der Waals surface area contributed by atoms with E-state index in [1.165, 1.54) is 0 Å². The van der Waals surface area contributed by atoms with Crippen molar-refractivity contribution in [3.05, 3.63) is 34.9 Å². The number of benzene rings is 1. The minimum absolute atomic E-state index is 0.199. The predicted octanol–water partition coefficient (Wildman–Crippen LogP) is 0.447. The number of carbonyl (C=O) groups is 1. The third kappa shape index (κ3) is 5.25. The normalized spacial score (nSPS) is 11.3. The van der Waals surface area contributed by atoms with Crippen molar-refractivity contribution in [1.29, 1.82) is 0 Å². The molecule has 1 rings (SSSR count). The summed E-state index contributed by atoms with van der Waals surface area (Å²) >= 11 is 0. The van der Waals surface area contributed by atoms with Crippen LogP contribution < -0.4 is 5.32 Å². The Hall–Kier alpha value is -1.64. The highest BCUT2D eigenvalue weighted by atomic mass is 32.2. The number of aliphatic hydroxyl groups is 1. The van der Waals surface area contributed by atoms with Crippen LogP contribution in [0.2, 0.25) is 0 Å². The molecule has 0 spiro atoms. The number of hydrogen-bond acceptors (Lipinski definition) is 3. The maximum absolute atomic E-state index is 12.0. The maximum atomic E-state index is 12.0. The van der Waals surface area contributed by atoms with Crippen molar-refractivity contribution in [2.75, 3.05) is 25.2 Å². The molecule has 19 heavy (non-hydrogen) atoms. The van der Waals surface area contributed by atoms with E-state index in [4.69, 9.17) is 5.11 Å². The van der Waals surface area contributed by atoms with Gasteiger partial charge >= 0.3 is 0 Å².